The minimum absolute atomic E-state index is 0.0808. The SMILES string of the molecule is NNC(=O)OCc1cccc(O)c1. The molecule has 0 unspecified atom stereocenters. The molecule has 0 aliphatic rings. The average molecular weight is 182 g/mol. The van der Waals surface area contributed by atoms with Gasteiger partial charge in [-0.05, 0) is 17.7 Å². The highest BCUT2D eigenvalue weighted by molar-refractivity contribution is 5.66. The summed E-state index contributed by atoms with van der Waals surface area (Å²) in [5.41, 5.74) is 2.52. The van der Waals surface area contributed by atoms with Crippen molar-refractivity contribution in [3.05, 3.63) is 29.8 Å². The van der Waals surface area contributed by atoms with Crippen LogP contribution < -0.4 is 11.3 Å². The molecule has 5 nitrogen and oxygen atoms in total. The Hall–Kier alpha value is -1.75. The number of nitrogens with one attached hydrogen (secondary N) is 1. The zero-order chi connectivity index (χ0) is 9.68. The van der Waals surface area contributed by atoms with Crippen molar-refractivity contribution < 1.29 is 14.6 Å². The van der Waals surface area contributed by atoms with Gasteiger partial charge < -0.3 is 9.84 Å². The lowest BCUT2D eigenvalue weighted by Crippen LogP contribution is -2.30. The summed E-state index contributed by atoms with van der Waals surface area (Å²) in [6.07, 6.45) is -0.705. The number of nitrogens with two attached hydrogens (primary N) is 1. The largest absolute Gasteiger partial charge is 0.508 e. The number of hydrogen-bond acceptors (Lipinski definition) is 4. The molecule has 1 amide bonds. The van der Waals surface area contributed by atoms with Gasteiger partial charge in [0, 0.05) is 0 Å². The summed E-state index contributed by atoms with van der Waals surface area (Å²) in [4.78, 5) is 10.5. The lowest BCUT2D eigenvalue weighted by molar-refractivity contribution is 0.139. The first-order valence-electron chi connectivity index (χ1n) is 3.63. The molecule has 0 atom stereocenters. The van der Waals surface area contributed by atoms with Crippen molar-refractivity contribution in [3.8, 4) is 5.75 Å². The van der Waals surface area contributed by atoms with Crippen LogP contribution in [0.2, 0.25) is 0 Å². The van der Waals surface area contributed by atoms with Crippen LogP contribution in [-0.2, 0) is 11.3 Å². The summed E-state index contributed by atoms with van der Waals surface area (Å²) in [6.45, 7) is 0.0808. The maximum absolute atomic E-state index is 10.5. The molecule has 70 valence electrons. The maximum atomic E-state index is 10.5. The van der Waals surface area contributed by atoms with E-state index in [-0.39, 0.29) is 12.4 Å². The van der Waals surface area contributed by atoms with Crippen LogP contribution in [0.5, 0.6) is 5.75 Å². The smallest absolute Gasteiger partial charge is 0.421 e. The molecule has 1 aromatic carbocycles. The first kappa shape index (κ1) is 9.34. The topological polar surface area (TPSA) is 84.6 Å². The zero-order valence-corrected chi connectivity index (χ0v) is 6.86. The Balaban J connectivity index is 2.50. The number of ether oxygens (including phenoxy) is 1. The van der Waals surface area contributed by atoms with Crippen LogP contribution in [-0.4, -0.2) is 11.2 Å². The van der Waals surface area contributed by atoms with Crippen LogP contribution in [0.15, 0.2) is 24.3 Å². The third-order valence-electron chi connectivity index (χ3n) is 1.40. The van der Waals surface area contributed by atoms with Crippen molar-refractivity contribution >= 4 is 6.09 Å². The molecule has 0 aromatic heterocycles. The Morgan fingerprint density at radius 2 is 2.38 bits per heavy atom. The Labute approximate surface area is 75.1 Å². The summed E-state index contributed by atoms with van der Waals surface area (Å²) in [6, 6.07) is 6.42. The van der Waals surface area contributed by atoms with E-state index in [0.29, 0.717) is 5.56 Å². The molecule has 0 saturated heterocycles. The lowest BCUT2D eigenvalue weighted by atomic mass is 10.2. The Morgan fingerprint density at radius 3 is 3.00 bits per heavy atom. The third-order valence-corrected chi connectivity index (χ3v) is 1.40. The summed E-state index contributed by atoms with van der Waals surface area (Å²) < 4.78 is 4.65. The molecule has 0 aliphatic heterocycles. The fourth-order valence-corrected chi connectivity index (χ4v) is 0.837. The molecule has 1 aromatic rings. The van der Waals surface area contributed by atoms with Gasteiger partial charge in [0.1, 0.15) is 12.4 Å². The van der Waals surface area contributed by atoms with Gasteiger partial charge in [0.15, 0.2) is 0 Å². The molecule has 5 heteroatoms. The second-order valence-electron chi connectivity index (χ2n) is 2.39. The van der Waals surface area contributed by atoms with E-state index in [4.69, 9.17) is 10.9 Å². The number of amides is 1. The highest BCUT2D eigenvalue weighted by Crippen LogP contribution is 2.11. The minimum atomic E-state index is -0.705. The number of rotatable bonds is 2. The molecule has 0 heterocycles. The molecule has 1 rings (SSSR count). The predicted molar refractivity (Wildman–Crippen MR) is 45.6 cm³/mol. The van der Waals surface area contributed by atoms with E-state index in [1.54, 1.807) is 12.1 Å². The van der Waals surface area contributed by atoms with Gasteiger partial charge in [-0.3, -0.25) is 5.43 Å². The van der Waals surface area contributed by atoms with Crippen molar-refractivity contribution in [2.45, 2.75) is 6.61 Å². The summed E-state index contributed by atoms with van der Waals surface area (Å²) in [7, 11) is 0. The standard InChI is InChI=1S/C8H10N2O3/c9-10-8(12)13-5-6-2-1-3-7(11)4-6/h1-4,11H,5,9H2,(H,10,12). The first-order chi connectivity index (χ1) is 6.22. The van der Waals surface area contributed by atoms with Crippen LogP contribution in [0.1, 0.15) is 5.56 Å². The second kappa shape index (κ2) is 4.32. The lowest BCUT2D eigenvalue weighted by Gasteiger charge is -2.03. The number of hydrogen-bond donors (Lipinski definition) is 3. The zero-order valence-electron chi connectivity index (χ0n) is 6.86. The van der Waals surface area contributed by atoms with E-state index in [1.165, 1.54) is 12.1 Å². The molecule has 0 saturated carbocycles. The van der Waals surface area contributed by atoms with Crippen LogP contribution >= 0.6 is 0 Å². The monoisotopic (exact) mass is 182 g/mol. The Morgan fingerprint density at radius 1 is 1.62 bits per heavy atom. The van der Waals surface area contributed by atoms with Crippen LogP contribution in [0.3, 0.4) is 0 Å². The van der Waals surface area contributed by atoms with Gasteiger partial charge in [0.05, 0.1) is 0 Å². The van der Waals surface area contributed by atoms with E-state index in [0.717, 1.165) is 0 Å². The molecule has 0 bridgehead atoms. The molecule has 4 N–H and O–H groups in total. The van der Waals surface area contributed by atoms with Gasteiger partial charge in [-0.1, -0.05) is 12.1 Å². The van der Waals surface area contributed by atoms with Crippen molar-refractivity contribution in [1.29, 1.82) is 0 Å². The van der Waals surface area contributed by atoms with Crippen LogP contribution in [0, 0.1) is 0 Å². The number of hydrazine groups is 1. The number of carbonyl (C=O) groups excluding carboxylic acids is 1. The number of benzene rings is 1. The number of aromatic hydroxyl groups is 1. The van der Waals surface area contributed by atoms with Crippen molar-refractivity contribution in [2.24, 2.45) is 5.84 Å². The minimum Gasteiger partial charge on any atom is -0.508 e. The van der Waals surface area contributed by atoms with Gasteiger partial charge in [-0.15, -0.1) is 0 Å². The molecule has 0 radical (unpaired) electrons. The highest BCUT2D eigenvalue weighted by atomic mass is 16.5. The van der Waals surface area contributed by atoms with Crippen LogP contribution in [0.4, 0.5) is 4.79 Å². The Bertz CT molecular complexity index is 301. The van der Waals surface area contributed by atoms with E-state index < -0.39 is 6.09 Å². The molecule has 0 fully saturated rings. The van der Waals surface area contributed by atoms with Gasteiger partial charge in [0.25, 0.3) is 0 Å². The van der Waals surface area contributed by atoms with Gasteiger partial charge in [-0.2, -0.15) is 0 Å². The quantitative estimate of drug-likeness (QED) is 0.353. The predicted octanol–water partition coefficient (Wildman–Crippen LogP) is 0.492. The molecular weight excluding hydrogens is 172 g/mol. The van der Waals surface area contributed by atoms with Crippen molar-refractivity contribution in [3.63, 3.8) is 0 Å². The van der Waals surface area contributed by atoms with Crippen LogP contribution in [0.25, 0.3) is 0 Å². The number of carbonyl (C=O) groups is 1. The van der Waals surface area contributed by atoms with Gasteiger partial charge >= 0.3 is 6.09 Å². The highest BCUT2D eigenvalue weighted by Gasteiger charge is 1.99. The first-order valence-corrected chi connectivity index (χ1v) is 3.63. The van der Waals surface area contributed by atoms with E-state index in [1.807, 2.05) is 5.43 Å². The molecular formula is C8H10N2O3. The summed E-state index contributed by atoms with van der Waals surface area (Å²) in [5, 5.41) is 9.05. The number of phenolic OH excluding ortho intramolecular Hbond substituents is 1. The second-order valence-corrected chi connectivity index (χ2v) is 2.39. The van der Waals surface area contributed by atoms with Gasteiger partial charge in [-0.25, -0.2) is 10.6 Å². The third kappa shape index (κ3) is 3.00. The Kier molecular flexibility index (Phi) is 3.10. The fraction of sp³-hybridized carbons (Fsp3) is 0.125. The number of phenols is 1. The normalized spacial score (nSPS) is 9.31. The molecule has 13 heavy (non-hydrogen) atoms. The maximum Gasteiger partial charge on any atom is 0.421 e. The van der Waals surface area contributed by atoms with Crippen molar-refractivity contribution in [2.75, 3.05) is 0 Å². The van der Waals surface area contributed by atoms with E-state index in [9.17, 15) is 4.79 Å². The van der Waals surface area contributed by atoms with Gasteiger partial charge in [0.2, 0.25) is 0 Å². The molecule has 0 spiro atoms. The summed E-state index contributed by atoms with van der Waals surface area (Å²) >= 11 is 0. The summed E-state index contributed by atoms with van der Waals surface area (Å²) in [5.74, 6) is 4.93. The van der Waals surface area contributed by atoms with E-state index in [2.05, 4.69) is 4.74 Å². The molecule has 0 aliphatic carbocycles. The average Bonchev–Trinajstić information content (AvgIpc) is 2.14. The van der Waals surface area contributed by atoms with E-state index >= 15 is 0 Å². The fourth-order valence-electron chi connectivity index (χ4n) is 0.837. The van der Waals surface area contributed by atoms with Crippen molar-refractivity contribution in [1.82, 2.24) is 5.43 Å².